The minimum Gasteiger partial charge on any atom is -0.462 e. The second-order valence-electron chi connectivity index (χ2n) is 18.2. The Morgan fingerprint density at radius 2 is 0.969 bits per heavy atom. The Morgan fingerprint density at radius 3 is 1.44 bits per heavy atom. The number of aliphatic hydroxyl groups excluding tert-OH is 3. The topological polar surface area (TPSA) is 186 Å². The zero-order chi connectivity index (χ0) is 46.9. The first-order valence-corrected chi connectivity index (χ1v) is 27.5. The van der Waals surface area contributed by atoms with Gasteiger partial charge in [0.25, 0.3) is 10.1 Å². The molecule has 13 heteroatoms. The van der Waals surface area contributed by atoms with E-state index >= 15 is 0 Å². The Hall–Kier alpha value is -1.87. The molecule has 0 bridgehead atoms. The van der Waals surface area contributed by atoms with Crippen LogP contribution in [0.2, 0.25) is 0 Å². The number of rotatable bonds is 44. The highest BCUT2D eigenvalue weighted by Gasteiger charge is 2.46. The minimum atomic E-state index is -4.61. The Morgan fingerprint density at radius 1 is 0.531 bits per heavy atom. The van der Waals surface area contributed by atoms with Gasteiger partial charge in [0.15, 0.2) is 12.4 Å². The maximum atomic E-state index is 12.8. The lowest BCUT2D eigenvalue weighted by Crippen LogP contribution is -2.60. The van der Waals surface area contributed by atoms with E-state index in [-0.39, 0.29) is 19.4 Å². The van der Waals surface area contributed by atoms with E-state index in [1.807, 2.05) is 12.2 Å². The van der Waals surface area contributed by atoms with Crippen LogP contribution in [-0.2, 0) is 38.7 Å². The fourth-order valence-corrected chi connectivity index (χ4v) is 8.72. The quantitative estimate of drug-likeness (QED) is 0.0196. The predicted octanol–water partition coefficient (Wildman–Crippen LogP) is 11.6. The molecule has 0 aromatic heterocycles. The molecule has 3 unspecified atom stereocenters. The van der Waals surface area contributed by atoms with Crippen molar-refractivity contribution in [2.75, 3.05) is 19.0 Å². The van der Waals surface area contributed by atoms with Gasteiger partial charge < -0.3 is 34.3 Å². The first-order valence-electron chi connectivity index (χ1n) is 25.9. The molecular formula is C51H94O12S. The van der Waals surface area contributed by atoms with Gasteiger partial charge in [0.05, 0.1) is 6.61 Å². The zero-order valence-electron chi connectivity index (χ0n) is 40.4. The van der Waals surface area contributed by atoms with Crippen molar-refractivity contribution < 1.29 is 56.8 Å². The molecule has 0 aromatic carbocycles. The molecule has 64 heavy (non-hydrogen) atoms. The average Bonchev–Trinajstić information content (AvgIpc) is 3.26. The van der Waals surface area contributed by atoms with E-state index in [0.717, 1.165) is 32.1 Å². The fraction of sp³-hybridized carbons (Fsp3) is 0.882. The highest BCUT2D eigenvalue weighted by molar-refractivity contribution is 7.85. The third kappa shape index (κ3) is 35.3. The average molecular weight is 931 g/mol. The first kappa shape index (κ1) is 60.1. The zero-order valence-corrected chi connectivity index (χ0v) is 41.2. The van der Waals surface area contributed by atoms with Crippen LogP contribution >= 0.6 is 0 Å². The van der Waals surface area contributed by atoms with Crippen molar-refractivity contribution >= 4 is 22.1 Å². The van der Waals surface area contributed by atoms with E-state index in [0.29, 0.717) is 12.8 Å². The molecule has 0 amide bonds. The number of hydrogen-bond donors (Lipinski definition) is 4. The van der Waals surface area contributed by atoms with E-state index in [9.17, 15) is 37.9 Å². The van der Waals surface area contributed by atoms with Crippen molar-refractivity contribution in [2.24, 2.45) is 0 Å². The summed E-state index contributed by atoms with van der Waals surface area (Å²) in [6.07, 6.45) is 38.2. The van der Waals surface area contributed by atoms with Crippen molar-refractivity contribution in [3.8, 4) is 0 Å². The van der Waals surface area contributed by atoms with Gasteiger partial charge in [-0.15, -0.1) is 0 Å². The van der Waals surface area contributed by atoms with Crippen LogP contribution in [-0.4, -0.2) is 96.0 Å². The normalized spacial score (nSPS) is 19.8. The molecule has 1 rings (SSSR count). The lowest BCUT2D eigenvalue weighted by atomic mass is 10.00. The highest BCUT2D eigenvalue weighted by Crippen LogP contribution is 2.24. The van der Waals surface area contributed by atoms with Crippen LogP contribution in [0.3, 0.4) is 0 Å². The largest absolute Gasteiger partial charge is 0.462 e. The molecule has 1 saturated heterocycles. The summed E-state index contributed by atoms with van der Waals surface area (Å²) in [6, 6.07) is 0. The molecule has 12 nitrogen and oxygen atoms in total. The van der Waals surface area contributed by atoms with Gasteiger partial charge in [0.1, 0.15) is 36.8 Å². The van der Waals surface area contributed by atoms with Crippen molar-refractivity contribution in [3.05, 3.63) is 24.3 Å². The number of unbranched alkanes of at least 4 members (excludes halogenated alkanes) is 28. The first-order chi connectivity index (χ1) is 31.0. The van der Waals surface area contributed by atoms with Crippen molar-refractivity contribution in [1.29, 1.82) is 0 Å². The summed E-state index contributed by atoms with van der Waals surface area (Å²) in [7, 11) is -4.61. The van der Waals surface area contributed by atoms with Crippen LogP contribution in [0.15, 0.2) is 24.3 Å². The van der Waals surface area contributed by atoms with Gasteiger partial charge in [-0.3, -0.25) is 14.1 Å². The van der Waals surface area contributed by atoms with E-state index in [1.165, 1.54) is 161 Å². The second kappa shape index (κ2) is 41.3. The minimum absolute atomic E-state index is 0.0613. The Labute approximate surface area is 389 Å². The summed E-state index contributed by atoms with van der Waals surface area (Å²) in [5, 5.41) is 30.9. The summed E-state index contributed by atoms with van der Waals surface area (Å²) in [5.74, 6) is -2.05. The third-order valence-corrected chi connectivity index (χ3v) is 12.8. The summed E-state index contributed by atoms with van der Waals surface area (Å²) in [5.41, 5.74) is 0. The number of esters is 2. The van der Waals surface area contributed by atoms with Crippen LogP contribution < -0.4 is 0 Å². The fourth-order valence-electron chi connectivity index (χ4n) is 8.03. The maximum absolute atomic E-state index is 12.8. The molecule has 1 aliphatic heterocycles. The SMILES string of the molecule is CCCCCCCC/C=C/C/C=C/CCC(=O)OC(COC(=O)CCCCCCCCCCCCCCCCCCCCCCCCC)CO[C@H]1O[C@H](CS(=O)(=O)O)[C@@H](O)C(O)C1O. The van der Waals surface area contributed by atoms with Crippen LogP contribution in [0, 0.1) is 0 Å². The lowest BCUT2D eigenvalue weighted by Gasteiger charge is -2.40. The van der Waals surface area contributed by atoms with Gasteiger partial charge in [-0.25, -0.2) is 0 Å². The van der Waals surface area contributed by atoms with Gasteiger partial charge >= 0.3 is 11.9 Å². The van der Waals surface area contributed by atoms with Crippen LogP contribution in [0.5, 0.6) is 0 Å². The molecular weight excluding hydrogens is 837 g/mol. The molecule has 1 heterocycles. The number of allylic oxidation sites excluding steroid dienone is 4. The summed E-state index contributed by atoms with van der Waals surface area (Å²) in [6.45, 7) is 3.73. The molecule has 0 aromatic rings. The highest BCUT2D eigenvalue weighted by atomic mass is 32.2. The number of aliphatic hydroxyl groups is 3. The Kier molecular flexibility index (Phi) is 38.8. The van der Waals surface area contributed by atoms with Crippen molar-refractivity contribution in [2.45, 2.75) is 269 Å². The molecule has 6 atom stereocenters. The molecule has 0 saturated carbocycles. The van der Waals surface area contributed by atoms with Crippen LogP contribution in [0.25, 0.3) is 0 Å². The molecule has 4 N–H and O–H groups in total. The van der Waals surface area contributed by atoms with Gasteiger partial charge in [-0.1, -0.05) is 212 Å². The summed E-state index contributed by atoms with van der Waals surface area (Å²) in [4.78, 5) is 25.4. The third-order valence-electron chi connectivity index (χ3n) is 12.0. The van der Waals surface area contributed by atoms with Gasteiger partial charge in [-0.2, -0.15) is 8.42 Å². The molecule has 376 valence electrons. The second-order valence-corrected chi connectivity index (χ2v) is 19.7. The van der Waals surface area contributed by atoms with Crippen molar-refractivity contribution in [1.82, 2.24) is 0 Å². The number of ether oxygens (including phenoxy) is 4. The van der Waals surface area contributed by atoms with Gasteiger partial charge in [0.2, 0.25) is 0 Å². The number of carbonyl (C=O) groups excluding carboxylic acids is 2. The molecule has 0 aliphatic carbocycles. The van der Waals surface area contributed by atoms with E-state index in [4.69, 9.17) is 18.9 Å². The molecule has 1 aliphatic rings. The number of carbonyl (C=O) groups is 2. The standard InChI is InChI=1S/C51H94O12S/c1-3-5-7-9-11-13-15-17-18-19-20-21-22-23-24-25-26-28-29-31-33-35-37-39-46(52)60-41-44(42-61-51-50(56)49(55)48(54)45(63-51)43-64(57,58)59)62-47(53)40-38-36-34-32-30-27-16-14-12-10-8-6-4-2/h27,30,34,36,44-45,48-51,54-56H,3-26,28-29,31-33,35,37-43H2,1-2H3,(H,57,58,59)/b30-27+,36-34+/t44?,45-,48-,49?,50?,51+/m1/s1. The Balaban J connectivity index is 2.33. The van der Waals surface area contributed by atoms with E-state index < -0.39 is 71.2 Å². The van der Waals surface area contributed by atoms with Crippen LogP contribution in [0.4, 0.5) is 0 Å². The smallest absolute Gasteiger partial charge is 0.306 e. The predicted molar refractivity (Wildman–Crippen MR) is 256 cm³/mol. The molecule has 0 radical (unpaired) electrons. The van der Waals surface area contributed by atoms with E-state index in [1.54, 1.807) is 0 Å². The Bertz CT molecular complexity index is 1270. The summed E-state index contributed by atoms with van der Waals surface area (Å²) < 4.78 is 54.1. The van der Waals surface area contributed by atoms with Crippen LogP contribution in [0.1, 0.15) is 232 Å². The monoisotopic (exact) mass is 931 g/mol. The maximum Gasteiger partial charge on any atom is 0.306 e. The molecule has 1 fully saturated rings. The van der Waals surface area contributed by atoms with E-state index in [2.05, 4.69) is 26.0 Å². The van der Waals surface area contributed by atoms with Gasteiger partial charge in [0, 0.05) is 12.8 Å². The molecule has 0 spiro atoms. The summed E-state index contributed by atoms with van der Waals surface area (Å²) >= 11 is 0. The van der Waals surface area contributed by atoms with Crippen molar-refractivity contribution in [3.63, 3.8) is 0 Å². The number of hydrogen-bond acceptors (Lipinski definition) is 11. The van der Waals surface area contributed by atoms with Gasteiger partial charge in [-0.05, 0) is 32.1 Å². The lowest BCUT2D eigenvalue weighted by molar-refractivity contribution is -0.297.